The number of nitrogens with zero attached hydrogens (tertiary/aromatic N) is 4. The largest absolute Gasteiger partial charge is 0.465 e. The predicted molar refractivity (Wildman–Crippen MR) is 133 cm³/mol. The molecule has 176 valence electrons. The zero-order valence-corrected chi connectivity index (χ0v) is 20.2. The highest BCUT2D eigenvalue weighted by molar-refractivity contribution is 7.07. The van der Waals surface area contributed by atoms with E-state index in [2.05, 4.69) is 10.4 Å². The van der Waals surface area contributed by atoms with E-state index in [0.29, 0.717) is 20.8 Å². The molecule has 0 aliphatic carbocycles. The van der Waals surface area contributed by atoms with E-state index < -0.39 is 17.7 Å². The number of thiazole rings is 1. The van der Waals surface area contributed by atoms with Crippen LogP contribution in [0.3, 0.4) is 0 Å². The molecule has 6 rings (SSSR count). The Labute approximate surface area is 204 Å². The lowest BCUT2D eigenvalue weighted by Crippen LogP contribution is -2.59. The number of nitrogens with one attached hydrogen (secondary N) is 1. The normalized spacial score (nSPS) is 22.5. The van der Waals surface area contributed by atoms with Crippen LogP contribution in [0, 0.1) is 12.8 Å². The number of benzene rings is 2. The van der Waals surface area contributed by atoms with Gasteiger partial charge in [0.25, 0.3) is 5.56 Å². The van der Waals surface area contributed by atoms with Gasteiger partial charge in [-0.3, -0.25) is 18.8 Å². The van der Waals surface area contributed by atoms with E-state index in [1.54, 1.807) is 9.25 Å². The first-order chi connectivity index (χ1) is 16.8. The van der Waals surface area contributed by atoms with Crippen molar-refractivity contribution in [2.45, 2.75) is 25.6 Å². The molecule has 9 heteroatoms. The van der Waals surface area contributed by atoms with Gasteiger partial charge in [-0.1, -0.05) is 47.7 Å². The maximum Gasteiger partial charge on any atom is 0.270 e. The van der Waals surface area contributed by atoms with Crippen LogP contribution in [0.5, 0.6) is 5.75 Å². The molecule has 35 heavy (non-hydrogen) atoms. The number of fused-ring (bicyclic) bond motifs is 6. The Morgan fingerprint density at radius 1 is 1.17 bits per heavy atom. The van der Waals surface area contributed by atoms with Crippen LogP contribution in [0.4, 0.5) is 5.69 Å². The third-order valence-electron chi connectivity index (χ3n) is 6.54. The average Bonchev–Trinajstić information content (AvgIpc) is 3.30. The number of aryl methyl sites for hydroxylation is 2. The van der Waals surface area contributed by atoms with Crippen LogP contribution in [-0.2, 0) is 11.8 Å². The minimum Gasteiger partial charge on any atom is -0.465 e. The molecule has 0 unspecified atom stereocenters. The van der Waals surface area contributed by atoms with Gasteiger partial charge in [-0.25, -0.2) is 4.99 Å². The van der Waals surface area contributed by atoms with Crippen LogP contribution >= 0.6 is 11.3 Å². The van der Waals surface area contributed by atoms with E-state index in [1.807, 2.05) is 87.8 Å². The Balaban J connectivity index is 1.55. The van der Waals surface area contributed by atoms with Gasteiger partial charge >= 0.3 is 0 Å². The van der Waals surface area contributed by atoms with Crippen LogP contribution in [0.25, 0.3) is 6.08 Å². The number of carbonyl (C=O) groups excluding carboxylic acids is 1. The van der Waals surface area contributed by atoms with Crippen LogP contribution in [0.15, 0.2) is 70.6 Å². The lowest BCUT2D eigenvalue weighted by molar-refractivity contribution is -0.131. The predicted octanol–water partition coefficient (Wildman–Crippen LogP) is 2.37. The van der Waals surface area contributed by atoms with Crippen molar-refractivity contribution in [3.63, 3.8) is 0 Å². The summed E-state index contributed by atoms with van der Waals surface area (Å²) in [5.41, 5.74) is 1.82. The molecule has 0 saturated heterocycles. The van der Waals surface area contributed by atoms with E-state index in [4.69, 9.17) is 9.73 Å². The number of ether oxygens (including phenoxy) is 1. The highest BCUT2D eigenvalue weighted by Crippen LogP contribution is 2.47. The number of aromatic nitrogens is 3. The summed E-state index contributed by atoms with van der Waals surface area (Å²) in [6.45, 7) is 3.72. The van der Waals surface area contributed by atoms with Gasteiger partial charge in [0.05, 0.1) is 16.3 Å². The van der Waals surface area contributed by atoms with Gasteiger partial charge in [-0.05, 0) is 38.1 Å². The van der Waals surface area contributed by atoms with E-state index >= 15 is 0 Å². The molecule has 3 atom stereocenters. The molecular weight excluding hydrogens is 462 g/mol. The topological polar surface area (TPSA) is 90.5 Å². The molecule has 2 bridgehead atoms. The summed E-state index contributed by atoms with van der Waals surface area (Å²) >= 11 is 1.30. The zero-order valence-electron chi connectivity index (χ0n) is 19.4. The Kier molecular flexibility index (Phi) is 4.79. The summed E-state index contributed by atoms with van der Waals surface area (Å²) in [6.07, 6.45) is 3.72. The first kappa shape index (κ1) is 21.5. The van der Waals surface area contributed by atoms with Crippen LogP contribution in [0.2, 0.25) is 0 Å². The second-order valence-corrected chi connectivity index (χ2v) is 10.0. The number of amides is 1. The smallest absolute Gasteiger partial charge is 0.270 e. The van der Waals surface area contributed by atoms with Crippen LogP contribution < -0.4 is 24.9 Å². The van der Waals surface area contributed by atoms with Crippen molar-refractivity contribution in [1.82, 2.24) is 14.3 Å². The van der Waals surface area contributed by atoms with Gasteiger partial charge in [0.1, 0.15) is 11.7 Å². The molecule has 0 fully saturated rings. The van der Waals surface area contributed by atoms with Crippen molar-refractivity contribution in [2.75, 3.05) is 5.32 Å². The average molecular weight is 486 g/mol. The van der Waals surface area contributed by atoms with E-state index in [0.717, 1.165) is 16.8 Å². The fourth-order valence-electron chi connectivity index (χ4n) is 4.99. The first-order valence-electron chi connectivity index (χ1n) is 11.3. The third kappa shape index (κ3) is 3.42. The molecule has 2 aromatic carbocycles. The van der Waals surface area contributed by atoms with Crippen LogP contribution in [-0.4, -0.2) is 26.0 Å². The summed E-state index contributed by atoms with van der Waals surface area (Å²) < 4.78 is 10.3. The zero-order chi connectivity index (χ0) is 24.3. The van der Waals surface area contributed by atoms with Gasteiger partial charge < -0.3 is 10.1 Å². The minimum absolute atomic E-state index is 0.182. The highest BCUT2D eigenvalue weighted by Gasteiger charge is 2.55. The summed E-state index contributed by atoms with van der Waals surface area (Å²) in [5.74, 6) is -0.366. The number of anilines is 1. The molecule has 2 aromatic heterocycles. The quantitative estimate of drug-likeness (QED) is 0.482. The Hall–Kier alpha value is -3.98. The van der Waals surface area contributed by atoms with Crippen molar-refractivity contribution in [2.24, 2.45) is 18.0 Å². The Morgan fingerprint density at radius 3 is 2.66 bits per heavy atom. The number of carbonyl (C=O) groups is 1. The molecule has 0 radical (unpaired) electrons. The number of para-hydroxylation sites is 2. The molecule has 1 amide bonds. The summed E-state index contributed by atoms with van der Waals surface area (Å²) in [6, 6.07) is 16.3. The Morgan fingerprint density at radius 2 is 1.91 bits per heavy atom. The molecule has 0 spiro atoms. The highest BCUT2D eigenvalue weighted by atomic mass is 32.1. The molecule has 2 aliphatic rings. The number of hydrogen-bond acceptors (Lipinski definition) is 6. The van der Waals surface area contributed by atoms with Gasteiger partial charge in [0.15, 0.2) is 4.80 Å². The summed E-state index contributed by atoms with van der Waals surface area (Å²) in [7, 11) is 1.85. The molecule has 4 aromatic rings. The summed E-state index contributed by atoms with van der Waals surface area (Å²) in [5, 5.41) is 7.37. The van der Waals surface area contributed by atoms with Gasteiger partial charge in [-0.2, -0.15) is 5.10 Å². The lowest BCUT2D eigenvalue weighted by atomic mass is 9.80. The van der Waals surface area contributed by atoms with Crippen LogP contribution in [0.1, 0.15) is 29.8 Å². The number of hydrogen-bond donors (Lipinski definition) is 1. The van der Waals surface area contributed by atoms with E-state index in [-0.39, 0.29) is 11.5 Å². The minimum atomic E-state index is -1.17. The second kappa shape index (κ2) is 7.78. The standard InChI is InChI=1S/C26H23N5O3S/c1-15-16(14-30(3)29-15)13-20-24(33)31-22-18-11-7-8-12-19(18)34-26(2,28-25(31)35-20)21(22)23(32)27-17-9-5-4-6-10-17/h4-14,21-22H,1-3H3,(H,27,32)/b20-13-/t21-,22+,26-/m1/s1. The molecule has 1 N–H and O–H groups in total. The fraction of sp³-hybridized carbons (Fsp3) is 0.231. The van der Waals surface area contributed by atoms with E-state index in [1.165, 1.54) is 11.3 Å². The maximum absolute atomic E-state index is 13.8. The molecule has 2 aliphatic heterocycles. The van der Waals surface area contributed by atoms with Crippen molar-refractivity contribution < 1.29 is 9.53 Å². The molecule has 4 heterocycles. The van der Waals surface area contributed by atoms with Crippen molar-refractivity contribution in [3.05, 3.63) is 97.3 Å². The molecule has 8 nitrogen and oxygen atoms in total. The van der Waals surface area contributed by atoms with Gasteiger partial charge in [-0.15, -0.1) is 0 Å². The second-order valence-electron chi connectivity index (χ2n) is 9.00. The lowest BCUT2D eigenvalue weighted by Gasteiger charge is -2.45. The van der Waals surface area contributed by atoms with E-state index in [9.17, 15) is 9.59 Å². The van der Waals surface area contributed by atoms with Crippen molar-refractivity contribution in [1.29, 1.82) is 0 Å². The fourth-order valence-corrected chi connectivity index (χ4v) is 6.08. The third-order valence-corrected chi connectivity index (χ3v) is 7.52. The summed E-state index contributed by atoms with van der Waals surface area (Å²) in [4.78, 5) is 32.8. The Bertz CT molecular complexity index is 1650. The molecular formula is C26H23N5O3S. The maximum atomic E-state index is 13.8. The first-order valence-corrected chi connectivity index (χ1v) is 12.1. The van der Waals surface area contributed by atoms with Crippen molar-refractivity contribution in [3.8, 4) is 5.75 Å². The van der Waals surface area contributed by atoms with Gasteiger partial charge in [0.2, 0.25) is 11.6 Å². The van der Waals surface area contributed by atoms with Crippen molar-refractivity contribution >= 4 is 29.0 Å². The number of rotatable bonds is 3. The van der Waals surface area contributed by atoms with Gasteiger partial charge in [0, 0.05) is 30.1 Å². The monoisotopic (exact) mass is 485 g/mol. The SMILES string of the molecule is Cc1nn(C)cc1/C=c1\sc2n(c1=O)[C@H]1c3ccccc3O[C@@](C)(N=2)[C@H]1C(=O)Nc1ccccc1. The molecule has 0 saturated carbocycles.